The number of nitrogens with zero attached hydrogens (tertiary/aromatic N) is 1. The van der Waals surface area contributed by atoms with Gasteiger partial charge in [-0.2, -0.15) is 0 Å². The molecule has 0 aliphatic rings. The Kier molecular flexibility index (Phi) is 8.96. The molecule has 1 N–H and O–H groups in total. The maximum Gasteiger partial charge on any atom is 0.234 e. The van der Waals surface area contributed by atoms with Gasteiger partial charge in [0.2, 0.25) is 5.91 Å². The molecule has 0 unspecified atom stereocenters. The van der Waals surface area contributed by atoms with Crippen molar-refractivity contribution in [3.63, 3.8) is 0 Å². The first-order valence-electron chi connectivity index (χ1n) is 7.21. The third kappa shape index (κ3) is 12.1. The lowest BCUT2D eigenvalue weighted by Gasteiger charge is -2.30. The van der Waals surface area contributed by atoms with Gasteiger partial charge in [-0.1, -0.05) is 0 Å². The maximum atomic E-state index is 11.8. The fourth-order valence-corrected chi connectivity index (χ4v) is 2.09. The van der Waals surface area contributed by atoms with Crippen molar-refractivity contribution >= 4 is 32.3 Å². The second-order valence-corrected chi connectivity index (χ2v) is 8.09. The van der Waals surface area contributed by atoms with Crippen molar-refractivity contribution in [1.82, 2.24) is 10.2 Å². The number of ether oxygens (including phenoxy) is 1. The van der Waals surface area contributed by atoms with Gasteiger partial charge in [0.1, 0.15) is 0 Å². The summed E-state index contributed by atoms with van der Waals surface area (Å²) < 4.78 is 6.01. The first-order chi connectivity index (χ1) is 9.43. The van der Waals surface area contributed by atoms with E-state index in [2.05, 4.69) is 5.32 Å². The Balaban J connectivity index is 4.13. The first-order valence-corrected chi connectivity index (χ1v) is 8.29. The summed E-state index contributed by atoms with van der Waals surface area (Å²) in [5, 5.41) is 3.01. The van der Waals surface area contributed by atoms with E-state index < -0.39 is 0 Å². The van der Waals surface area contributed by atoms with Crippen molar-refractivity contribution < 1.29 is 14.3 Å². The van der Waals surface area contributed by atoms with E-state index in [0.29, 0.717) is 26.0 Å². The van der Waals surface area contributed by atoms with Gasteiger partial charge in [0, 0.05) is 18.6 Å². The lowest BCUT2D eigenvalue weighted by Crippen LogP contribution is -2.47. The third-order valence-corrected chi connectivity index (χ3v) is 3.62. The Bertz CT molecular complexity index is 355. The van der Waals surface area contributed by atoms with Gasteiger partial charge in [-0.25, -0.2) is 0 Å². The summed E-state index contributed by atoms with van der Waals surface area (Å²) >= 11 is 1.81. The van der Waals surface area contributed by atoms with Gasteiger partial charge in [-0.3, -0.25) is 9.59 Å². The number of hydrogen-bond donors (Lipinski definition) is 1. The Labute approximate surface area is 142 Å². The van der Waals surface area contributed by atoms with Gasteiger partial charge in [0.05, 0.1) is 12.1 Å². The van der Waals surface area contributed by atoms with Crippen LogP contribution in [0.1, 0.15) is 47.0 Å². The molecule has 6 heteroatoms. The van der Waals surface area contributed by atoms with Gasteiger partial charge in [-0.05, 0) is 77.2 Å². The standard InChI is InChI=1S/C15H29IN2O3/c1-14(2,17-13(20)11-18(5)6)9-10-21-15(3,4)8-7-12(16)19/h7-11H2,1-6H3,(H,17,20). The fraction of sp³-hybridized carbons (Fsp3) is 0.867. The van der Waals surface area contributed by atoms with E-state index in [1.807, 2.05) is 69.3 Å². The average molecular weight is 412 g/mol. The number of likely N-dealkylation sites (N-methyl/N-ethyl adjacent to an activating group) is 1. The molecule has 0 bridgehead atoms. The van der Waals surface area contributed by atoms with Crippen LogP contribution < -0.4 is 5.32 Å². The molecule has 0 aromatic carbocycles. The molecule has 0 heterocycles. The van der Waals surface area contributed by atoms with Crippen LogP contribution in [-0.2, 0) is 14.3 Å². The average Bonchev–Trinajstić information content (AvgIpc) is 2.23. The first kappa shape index (κ1) is 20.8. The number of halogens is 1. The lowest BCUT2D eigenvalue weighted by molar-refractivity contribution is -0.123. The molecular formula is C15H29IN2O3. The highest BCUT2D eigenvalue weighted by Gasteiger charge is 2.24. The summed E-state index contributed by atoms with van der Waals surface area (Å²) in [7, 11) is 3.74. The largest absolute Gasteiger partial charge is 0.375 e. The molecule has 0 saturated carbocycles. The monoisotopic (exact) mass is 412 g/mol. The van der Waals surface area contributed by atoms with Crippen LogP contribution in [0.5, 0.6) is 0 Å². The van der Waals surface area contributed by atoms with Crippen LogP contribution in [0.15, 0.2) is 0 Å². The second kappa shape index (κ2) is 9.05. The molecule has 0 rings (SSSR count). The number of hydrogen-bond acceptors (Lipinski definition) is 4. The van der Waals surface area contributed by atoms with Crippen molar-refractivity contribution in [1.29, 1.82) is 0 Å². The minimum Gasteiger partial charge on any atom is -0.375 e. The van der Waals surface area contributed by atoms with Crippen molar-refractivity contribution in [3.05, 3.63) is 0 Å². The van der Waals surface area contributed by atoms with Crippen molar-refractivity contribution in [2.75, 3.05) is 27.2 Å². The Morgan fingerprint density at radius 1 is 1.14 bits per heavy atom. The topological polar surface area (TPSA) is 58.6 Å². The quantitative estimate of drug-likeness (QED) is 0.442. The minimum absolute atomic E-state index is 0.0137. The van der Waals surface area contributed by atoms with Gasteiger partial charge < -0.3 is 15.0 Å². The van der Waals surface area contributed by atoms with Crippen LogP contribution in [0, 0.1) is 0 Å². The fourth-order valence-electron chi connectivity index (χ4n) is 1.82. The van der Waals surface area contributed by atoms with Crippen LogP contribution >= 0.6 is 22.6 Å². The molecule has 0 aromatic heterocycles. The van der Waals surface area contributed by atoms with E-state index in [0.717, 1.165) is 6.42 Å². The molecule has 0 spiro atoms. The zero-order valence-corrected chi connectivity index (χ0v) is 16.2. The molecule has 0 fully saturated rings. The highest BCUT2D eigenvalue weighted by Crippen LogP contribution is 2.20. The van der Waals surface area contributed by atoms with Crippen LogP contribution in [0.25, 0.3) is 0 Å². The Morgan fingerprint density at radius 3 is 2.19 bits per heavy atom. The Morgan fingerprint density at radius 2 is 1.71 bits per heavy atom. The zero-order chi connectivity index (χ0) is 16.7. The predicted octanol–water partition coefficient (Wildman–Crippen LogP) is 2.37. The number of carbonyl (C=O) groups is 2. The molecule has 0 saturated heterocycles. The van der Waals surface area contributed by atoms with E-state index in [4.69, 9.17) is 4.74 Å². The normalized spacial score (nSPS) is 12.6. The molecular weight excluding hydrogens is 383 g/mol. The predicted molar refractivity (Wildman–Crippen MR) is 93.7 cm³/mol. The molecule has 0 atom stereocenters. The summed E-state index contributed by atoms with van der Waals surface area (Å²) in [6.07, 6.45) is 1.96. The summed E-state index contributed by atoms with van der Waals surface area (Å²) in [5.74, 6) is 0.0137. The lowest BCUT2D eigenvalue weighted by atomic mass is 10.00. The summed E-state index contributed by atoms with van der Waals surface area (Å²) in [6.45, 7) is 8.90. The van der Waals surface area contributed by atoms with Crippen LogP contribution in [0.2, 0.25) is 0 Å². The zero-order valence-electron chi connectivity index (χ0n) is 14.1. The van der Waals surface area contributed by atoms with Gasteiger partial charge >= 0.3 is 0 Å². The van der Waals surface area contributed by atoms with Crippen molar-refractivity contribution in [3.8, 4) is 0 Å². The molecule has 0 aromatic rings. The third-order valence-electron chi connectivity index (χ3n) is 3.08. The van der Waals surface area contributed by atoms with Gasteiger partial charge in [0.15, 0.2) is 3.79 Å². The molecule has 0 aliphatic carbocycles. The number of amides is 1. The highest BCUT2D eigenvalue weighted by molar-refractivity contribution is 14.1. The van der Waals surface area contributed by atoms with Crippen LogP contribution in [0.4, 0.5) is 0 Å². The van der Waals surface area contributed by atoms with Crippen LogP contribution in [0.3, 0.4) is 0 Å². The SMILES string of the molecule is CN(C)CC(=O)NC(C)(C)CCOC(C)(C)CCC(=O)I. The van der Waals surface area contributed by atoms with Gasteiger partial charge in [0.25, 0.3) is 0 Å². The van der Waals surface area contributed by atoms with E-state index in [1.54, 1.807) is 0 Å². The maximum absolute atomic E-state index is 11.8. The minimum atomic E-state index is -0.315. The van der Waals surface area contributed by atoms with E-state index >= 15 is 0 Å². The number of carbonyl (C=O) groups excluding carboxylic acids is 2. The summed E-state index contributed by atoms with van der Waals surface area (Å²) in [4.78, 5) is 24.6. The number of rotatable bonds is 10. The van der Waals surface area contributed by atoms with Crippen molar-refractivity contribution in [2.24, 2.45) is 0 Å². The molecule has 0 aliphatic heterocycles. The van der Waals surface area contributed by atoms with Gasteiger partial charge in [-0.15, -0.1) is 0 Å². The summed E-state index contributed by atoms with van der Waals surface area (Å²) in [5.41, 5.74) is -0.618. The number of nitrogens with one attached hydrogen (secondary N) is 1. The molecule has 5 nitrogen and oxygen atoms in total. The second-order valence-electron chi connectivity index (χ2n) is 6.88. The van der Waals surface area contributed by atoms with E-state index in [9.17, 15) is 9.59 Å². The molecule has 21 heavy (non-hydrogen) atoms. The van der Waals surface area contributed by atoms with Crippen molar-refractivity contribution in [2.45, 2.75) is 58.1 Å². The summed E-state index contributed by atoms with van der Waals surface area (Å²) in [6, 6.07) is 0. The highest BCUT2D eigenvalue weighted by atomic mass is 127. The van der Waals surface area contributed by atoms with E-state index in [1.165, 1.54) is 0 Å². The van der Waals surface area contributed by atoms with E-state index in [-0.39, 0.29) is 20.8 Å². The molecule has 124 valence electrons. The molecule has 0 radical (unpaired) electrons. The van der Waals surface area contributed by atoms with Crippen LogP contribution in [-0.4, -0.2) is 53.0 Å². The molecule has 1 amide bonds. The smallest absolute Gasteiger partial charge is 0.234 e. The Hall–Kier alpha value is -0.210.